The molecule has 2 aromatic rings. The zero-order valence-electron chi connectivity index (χ0n) is 15.0. The molecule has 0 aliphatic carbocycles. The molecule has 1 N–H and O–H groups in total. The lowest BCUT2D eigenvalue weighted by atomic mass is 10.1. The van der Waals surface area contributed by atoms with Crippen LogP contribution in [0.2, 0.25) is 0 Å². The van der Waals surface area contributed by atoms with Crippen LogP contribution < -0.4 is 19.5 Å². The number of ether oxygens (including phenoxy) is 3. The van der Waals surface area contributed by atoms with Crippen molar-refractivity contribution in [3.8, 4) is 17.2 Å². The van der Waals surface area contributed by atoms with Crippen molar-refractivity contribution in [2.24, 2.45) is 0 Å². The Morgan fingerprint density at radius 3 is 2.36 bits per heavy atom. The third kappa shape index (κ3) is 5.41. The Morgan fingerprint density at radius 2 is 1.72 bits per heavy atom. The smallest absolute Gasteiger partial charge is 0.251 e. The van der Waals surface area contributed by atoms with E-state index in [9.17, 15) is 4.79 Å². The maximum absolute atomic E-state index is 12.2. The standard InChI is InChI=1S/C20H25NO4/c1-4-13-25-17-8-6-16(7-9-17)20(22)21-12-11-15-5-10-18(23-2)19(14-15)24-3/h5-10,14H,4,11-13H2,1-3H3,(H,21,22). The molecule has 0 saturated carbocycles. The van der Waals surface area contributed by atoms with E-state index < -0.39 is 0 Å². The van der Waals surface area contributed by atoms with Crippen LogP contribution in [0.3, 0.4) is 0 Å². The highest BCUT2D eigenvalue weighted by atomic mass is 16.5. The van der Waals surface area contributed by atoms with Gasteiger partial charge in [0.25, 0.3) is 5.91 Å². The first-order valence-electron chi connectivity index (χ1n) is 8.40. The van der Waals surface area contributed by atoms with Gasteiger partial charge >= 0.3 is 0 Å². The van der Waals surface area contributed by atoms with E-state index in [1.807, 2.05) is 30.3 Å². The highest BCUT2D eigenvalue weighted by Crippen LogP contribution is 2.27. The summed E-state index contributed by atoms with van der Waals surface area (Å²) in [6.07, 6.45) is 1.67. The lowest BCUT2D eigenvalue weighted by molar-refractivity contribution is 0.0954. The SMILES string of the molecule is CCCOc1ccc(C(=O)NCCc2ccc(OC)c(OC)c2)cc1. The van der Waals surface area contributed by atoms with E-state index in [0.29, 0.717) is 36.6 Å². The van der Waals surface area contributed by atoms with Crippen molar-refractivity contribution in [3.05, 3.63) is 53.6 Å². The molecule has 5 heteroatoms. The average molecular weight is 343 g/mol. The molecule has 0 bridgehead atoms. The molecule has 0 heterocycles. The lowest BCUT2D eigenvalue weighted by Gasteiger charge is -2.10. The predicted octanol–water partition coefficient (Wildman–Crippen LogP) is 3.47. The minimum atomic E-state index is -0.0949. The number of nitrogens with one attached hydrogen (secondary N) is 1. The maximum Gasteiger partial charge on any atom is 0.251 e. The van der Waals surface area contributed by atoms with E-state index in [0.717, 1.165) is 17.7 Å². The van der Waals surface area contributed by atoms with Crippen molar-refractivity contribution >= 4 is 5.91 Å². The van der Waals surface area contributed by atoms with Crippen molar-refractivity contribution in [1.29, 1.82) is 0 Å². The summed E-state index contributed by atoms with van der Waals surface area (Å²) in [5.41, 5.74) is 1.69. The summed E-state index contributed by atoms with van der Waals surface area (Å²) < 4.78 is 16.0. The molecule has 0 radical (unpaired) electrons. The first-order chi connectivity index (χ1) is 12.2. The maximum atomic E-state index is 12.2. The summed E-state index contributed by atoms with van der Waals surface area (Å²) in [6.45, 7) is 3.28. The van der Waals surface area contributed by atoms with Crippen LogP contribution >= 0.6 is 0 Å². The van der Waals surface area contributed by atoms with E-state index in [1.54, 1.807) is 26.4 Å². The largest absolute Gasteiger partial charge is 0.494 e. The van der Waals surface area contributed by atoms with Crippen LogP contribution in [0.15, 0.2) is 42.5 Å². The predicted molar refractivity (Wildman–Crippen MR) is 97.8 cm³/mol. The first-order valence-corrected chi connectivity index (χ1v) is 8.40. The Balaban J connectivity index is 1.85. The van der Waals surface area contributed by atoms with Crippen molar-refractivity contribution in [3.63, 3.8) is 0 Å². The van der Waals surface area contributed by atoms with Gasteiger partial charge in [0.1, 0.15) is 5.75 Å². The fourth-order valence-corrected chi connectivity index (χ4v) is 2.38. The second kappa shape index (κ2) is 9.57. The monoisotopic (exact) mass is 343 g/mol. The van der Waals surface area contributed by atoms with Crippen molar-refractivity contribution in [1.82, 2.24) is 5.32 Å². The number of benzene rings is 2. The van der Waals surface area contributed by atoms with Crippen molar-refractivity contribution in [2.45, 2.75) is 19.8 Å². The third-order valence-corrected chi connectivity index (χ3v) is 3.74. The Kier molecular flexibility index (Phi) is 7.14. The van der Waals surface area contributed by atoms with E-state index in [-0.39, 0.29) is 5.91 Å². The van der Waals surface area contributed by atoms with E-state index in [1.165, 1.54) is 0 Å². The van der Waals surface area contributed by atoms with Crippen LogP contribution in [0.4, 0.5) is 0 Å². The summed E-state index contributed by atoms with van der Waals surface area (Å²) in [4.78, 5) is 12.2. The minimum Gasteiger partial charge on any atom is -0.494 e. The van der Waals surface area contributed by atoms with Gasteiger partial charge in [-0.25, -0.2) is 0 Å². The number of amides is 1. The zero-order valence-corrected chi connectivity index (χ0v) is 15.0. The molecule has 5 nitrogen and oxygen atoms in total. The highest BCUT2D eigenvalue weighted by molar-refractivity contribution is 5.94. The molecule has 2 rings (SSSR count). The Labute approximate surface area is 148 Å². The number of methoxy groups -OCH3 is 2. The Bertz CT molecular complexity index is 683. The highest BCUT2D eigenvalue weighted by Gasteiger charge is 2.07. The molecule has 25 heavy (non-hydrogen) atoms. The minimum absolute atomic E-state index is 0.0949. The van der Waals surface area contributed by atoms with Gasteiger partial charge in [0.2, 0.25) is 0 Å². The van der Waals surface area contributed by atoms with Crippen LogP contribution in [0.5, 0.6) is 17.2 Å². The molecule has 0 unspecified atom stereocenters. The molecule has 0 aliphatic heterocycles. The molecule has 0 aliphatic rings. The van der Waals surface area contributed by atoms with Crippen LogP contribution in [-0.2, 0) is 6.42 Å². The second-order valence-electron chi connectivity index (χ2n) is 5.57. The average Bonchev–Trinajstić information content (AvgIpc) is 2.66. The Morgan fingerprint density at radius 1 is 1.00 bits per heavy atom. The lowest BCUT2D eigenvalue weighted by Crippen LogP contribution is -2.25. The summed E-state index contributed by atoms with van der Waals surface area (Å²) in [5.74, 6) is 2.07. The molecule has 134 valence electrons. The van der Waals surface area contributed by atoms with Crippen LogP contribution in [-0.4, -0.2) is 33.3 Å². The van der Waals surface area contributed by atoms with Crippen LogP contribution in [0.25, 0.3) is 0 Å². The Hall–Kier alpha value is -2.69. The van der Waals surface area contributed by atoms with Gasteiger partial charge in [0.05, 0.1) is 20.8 Å². The summed E-state index contributed by atoms with van der Waals surface area (Å²) >= 11 is 0. The van der Waals surface area contributed by atoms with E-state index in [4.69, 9.17) is 14.2 Å². The number of carbonyl (C=O) groups excluding carboxylic acids is 1. The molecule has 0 spiro atoms. The zero-order chi connectivity index (χ0) is 18.1. The topological polar surface area (TPSA) is 56.8 Å². The third-order valence-electron chi connectivity index (χ3n) is 3.74. The number of hydrogen-bond acceptors (Lipinski definition) is 4. The van der Waals surface area contributed by atoms with Gasteiger partial charge in [-0.05, 0) is 54.8 Å². The first kappa shape index (κ1) is 18.6. The molecular formula is C20H25NO4. The van der Waals surface area contributed by atoms with Gasteiger partial charge in [-0.3, -0.25) is 4.79 Å². The van der Waals surface area contributed by atoms with Gasteiger partial charge in [-0.2, -0.15) is 0 Å². The summed E-state index contributed by atoms with van der Waals surface area (Å²) in [6, 6.07) is 12.9. The summed E-state index contributed by atoms with van der Waals surface area (Å²) in [5, 5.41) is 2.92. The number of rotatable bonds is 9. The van der Waals surface area contributed by atoms with E-state index >= 15 is 0 Å². The number of hydrogen-bond donors (Lipinski definition) is 1. The molecule has 1 amide bonds. The van der Waals surface area contributed by atoms with Gasteiger partial charge in [0, 0.05) is 12.1 Å². The van der Waals surface area contributed by atoms with Gasteiger partial charge in [-0.15, -0.1) is 0 Å². The molecule has 0 fully saturated rings. The van der Waals surface area contributed by atoms with Crippen molar-refractivity contribution < 1.29 is 19.0 Å². The molecule has 0 atom stereocenters. The van der Waals surface area contributed by atoms with Gasteiger partial charge in [-0.1, -0.05) is 13.0 Å². The van der Waals surface area contributed by atoms with Crippen LogP contribution in [0, 0.1) is 0 Å². The number of carbonyl (C=O) groups is 1. The van der Waals surface area contributed by atoms with Crippen molar-refractivity contribution in [2.75, 3.05) is 27.4 Å². The second-order valence-corrected chi connectivity index (χ2v) is 5.57. The summed E-state index contributed by atoms with van der Waals surface area (Å²) in [7, 11) is 3.22. The van der Waals surface area contributed by atoms with Gasteiger partial charge in [0.15, 0.2) is 11.5 Å². The normalized spacial score (nSPS) is 10.2. The van der Waals surface area contributed by atoms with E-state index in [2.05, 4.69) is 12.2 Å². The molecular weight excluding hydrogens is 318 g/mol. The molecule has 0 aromatic heterocycles. The quantitative estimate of drug-likeness (QED) is 0.757. The fraction of sp³-hybridized carbons (Fsp3) is 0.350. The van der Waals surface area contributed by atoms with Gasteiger partial charge < -0.3 is 19.5 Å². The molecule has 0 saturated heterocycles. The molecule has 2 aromatic carbocycles. The van der Waals surface area contributed by atoms with Crippen LogP contribution in [0.1, 0.15) is 29.3 Å². The fourth-order valence-electron chi connectivity index (χ4n) is 2.38.